The molecule has 0 atom stereocenters. The van der Waals surface area contributed by atoms with Gasteiger partial charge in [-0.15, -0.1) is 11.3 Å². The average molecular weight is 240 g/mol. The predicted octanol–water partition coefficient (Wildman–Crippen LogP) is 2.37. The van der Waals surface area contributed by atoms with Crippen LogP contribution in [0.2, 0.25) is 0 Å². The van der Waals surface area contributed by atoms with Crippen LogP contribution in [0.15, 0.2) is 5.38 Å². The summed E-state index contributed by atoms with van der Waals surface area (Å²) in [6.45, 7) is 0.941. The molecule has 0 aliphatic heterocycles. The first-order chi connectivity index (χ1) is 7.74. The van der Waals surface area contributed by atoms with Crippen LogP contribution in [0.25, 0.3) is 0 Å². The lowest BCUT2D eigenvalue weighted by molar-refractivity contribution is -0.136. The predicted molar refractivity (Wildman–Crippen MR) is 63.9 cm³/mol. The SMILES string of the molecule is O=C(O)Cc1csc(NCCCC2CC2)n1. The Morgan fingerprint density at radius 3 is 3.12 bits per heavy atom. The molecule has 0 radical (unpaired) electrons. The number of nitrogens with one attached hydrogen (secondary N) is 1. The summed E-state index contributed by atoms with van der Waals surface area (Å²) in [5, 5.41) is 14.5. The van der Waals surface area contributed by atoms with Crippen LogP contribution < -0.4 is 5.32 Å². The number of carboxylic acid groups (broad SMARTS) is 1. The zero-order chi connectivity index (χ0) is 11.4. The van der Waals surface area contributed by atoms with Gasteiger partial charge in [-0.2, -0.15) is 0 Å². The summed E-state index contributed by atoms with van der Waals surface area (Å²) in [5.74, 6) is 0.145. The molecular formula is C11H16N2O2S. The molecule has 1 aliphatic rings. The van der Waals surface area contributed by atoms with Crippen LogP contribution in [0.5, 0.6) is 0 Å². The van der Waals surface area contributed by atoms with Crippen molar-refractivity contribution in [3.8, 4) is 0 Å². The molecule has 0 amide bonds. The molecule has 16 heavy (non-hydrogen) atoms. The Bertz CT molecular complexity index is 361. The van der Waals surface area contributed by atoms with Crippen molar-refractivity contribution in [1.82, 2.24) is 4.98 Å². The van der Waals surface area contributed by atoms with Gasteiger partial charge in [-0.05, 0) is 18.8 Å². The molecule has 0 bridgehead atoms. The highest BCUT2D eigenvalue weighted by atomic mass is 32.1. The van der Waals surface area contributed by atoms with Crippen molar-refractivity contribution in [2.45, 2.75) is 32.1 Å². The molecule has 4 nitrogen and oxygen atoms in total. The molecule has 1 aromatic rings. The van der Waals surface area contributed by atoms with E-state index in [1.165, 1.54) is 37.0 Å². The third-order valence-corrected chi connectivity index (χ3v) is 3.50. The lowest BCUT2D eigenvalue weighted by Gasteiger charge is -2.00. The minimum absolute atomic E-state index is 0.0141. The van der Waals surface area contributed by atoms with Crippen molar-refractivity contribution in [3.05, 3.63) is 11.1 Å². The van der Waals surface area contributed by atoms with Crippen molar-refractivity contribution in [1.29, 1.82) is 0 Å². The van der Waals surface area contributed by atoms with Crippen LogP contribution in [0.3, 0.4) is 0 Å². The fourth-order valence-corrected chi connectivity index (χ4v) is 2.36. The molecule has 0 unspecified atom stereocenters. The Morgan fingerprint density at radius 1 is 1.62 bits per heavy atom. The number of hydrogen-bond acceptors (Lipinski definition) is 4. The van der Waals surface area contributed by atoms with Gasteiger partial charge in [0.05, 0.1) is 12.1 Å². The molecule has 1 saturated carbocycles. The summed E-state index contributed by atoms with van der Waals surface area (Å²) in [4.78, 5) is 14.7. The number of rotatable bonds is 7. The maximum Gasteiger partial charge on any atom is 0.309 e. The highest BCUT2D eigenvalue weighted by molar-refractivity contribution is 7.13. The van der Waals surface area contributed by atoms with Crippen LogP contribution in [0.4, 0.5) is 5.13 Å². The van der Waals surface area contributed by atoms with Gasteiger partial charge in [-0.3, -0.25) is 4.79 Å². The van der Waals surface area contributed by atoms with Crippen molar-refractivity contribution >= 4 is 22.4 Å². The topological polar surface area (TPSA) is 62.2 Å². The molecule has 0 aromatic carbocycles. The smallest absolute Gasteiger partial charge is 0.309 e. The van der Waals surface area contributed by atoms with E-state index in [1.54, 1.807) is 5.38 Å². The van der Waals surface area contributed by atoms with Crippen LogP contribution in [0, 0.1) is 5.92 Å². The third kappa shape index (κ3) is 3.81. The highest BCUT2D eigenvalue weighted by Gasteiger charge is 2.19. The molecule has 1 aliphatic carbocycles. The van der Waals surface area contributed by atoms with E-state index in [9.17, 15) is 4.79 Å². The Morgan fingerprint density at radius 2 is 2.44 bits per heavy atom. The number of carbonyl (C=O) groups is 1. The molecule has 1 aromatic heterocycles. The molecule has 2 N–H and O–H groups in total. The zero-order valence-electron chi connectivity index (χ0n) is 9.11. The normalized spacial score (nSPS) is 15.0. The van der Waals surface area contributed by atoms with Crippen LogP contribution in [-0.4, -0.2) is 22.6 Å². The standard InChI is InChI=1S/C11H16N2O2S/c14-10(15)6-9-7-16-11(13-9)12-5-1-2-8-3-4-8/h7-8H,1-6H2,(H,12,13)(H,14,15). The van der Waals surface area contributed by atoms with Gasteiger partial charge in [-0.25, -0.2) is 4.98 Å². The van der Waals surface area contributed by atoms with E-state index in [2.05, 4.69) is 10.3 Å². The first-order valence-electron chi connectivity index (χ1n) is 5.64. The number of hydrogen-bond donors (Lipinski definition) is 2. The zero-order valence-corrected chi connectivity index (χ0v) is 9.92. The molecule has 2 rings (SSSR count). The van der Waals surface area contributed by atoms with E-state index in [0.717, 1.165) is 17.6 Å². The summed E-state index contributed by atoms with van der Waals surface area (Å²) in [6.07, 6.45) is 5.30. The Hall–Kier alpha value is -1.10. The van der Waals surface area contributed by atoms with E-state index in [-0.39, 0.29) is 6.42 Å². The van der Waals surface area contributed by atoms with Crippen LogP contribution in [0.1, 0.15) is 31.4 Å². The molecule has 5 heteroatoms. The molecule has 1 heterocycles. The van der Waals surface area contributed by atoms with E-state index < -0.39 is 5.97 Å². The number of nitrogens with zero attached hydrogens (tertiary/aromatic N) is 1. The number of thiazole rings is 1. The van der Waals surface area contributed by atoms with Crippen molar-refractivity contribution in [2.75, 3.05) is 11.9 Å². The Balaban J connectivity index is 1.67. The first kappa shape index (κ1) is 11.4. The minimum Gasteiger partial charge on any atom is -0.481 e. The summed E-state index contributed by atoms with van der Waals surface area (Å²) in [5.41, 5.74) is 0.641. The van der Waals surface area contributed by atoms with Gasteiger partial charge in [-0.1, -0.05) is 12.8 Å². The highest BCUT2D eigenvalue weighted by Crippen LogP contribution is 2.33. The Labute approximate surface area is 98.7 Å². The quantitative estimate of drug-likeness (QED) is 0.718. The first-order valence-corrected chi connectivity index (χ1v) is 6.52. The van der Waals surface area contributed by atoms with Gasteiger partial charge in [0.25, 0.3) is 0 Å². The van der Waals surface area contributed by atoms with E-state index >= 15 is 0 Å². The summed E-state index contributed by atoms with van der Waals surface area (Å²) in [6, 6.07) is 0. The van der Waals surface area contributed by atoms with Gasteiger partial charge in [0, 0.05) is 11.9 Å². The van der Waals surface area contributed by atoms with Gasteiger partial charge in [0.15, 0.2) is 5.13 Å². The van der Waals surface area contributed by atoms with Crippen molar-refractivity contribution in [2.24, 2.45) is 5.92 Å². The number of anilines is 1. The van der Waals surface area contributed by atoms with E-state index in [0.29, 0.717) is 5.69 Å². The second-order valence-corrected chi connectivity index (χ2v) is 5.08. The van der Waals surface area contributed by atoms with Crippen LogP contribution in [-0.2, 0) is 11.2 Å². The van der Waals surface area contributed by atoms with Crippen molar-refractivity contribution < 1.29 is 9.90 Å². The summed E-state index contributed by atoms with van der Waals surface area (Å²) in [7, 11) is 0. The van der Waals surface area contributed by atoms with Gasteiger partial charge < -0.3 is 10.4 Å². The fraction of sp³-hybridized carbons (Fsp3) is 0.636. The maximum absolute atomic E-state index is 10.5. The second kappa shape index (κ2) is 5.30. The maximum atomic E-state index is 10.5. The largest absolute Gasteiger partial charge is 0.481 e. The van der Waals surface area contributed by atoms with E-state index in [4.69, 9.17) is 5.11 Å². The van der Waals surface area contributed by atoms with E-state index in [1.807, 2.05) is 0 Å². The van der Waals surface area contributed by atoms with Crippen LogP contribution >= 0.6 is 11.3 Å². The fourth-order valence-electron chi connectivity index (χ4n) is 1.62. The summed E-state index contributed by atoms with van der Waals surface area (Å²) < 4.78 is 0. The molecule has 0 saturated heterocycles. The van der Waals surface area contributed by atoms with Gasteiger partial charge in [0.1, 0.15) is 0 Å². The minimum atomic E-state index is -0.828. The van der Waals surface area contributed by atoms with Gasteiger partial charge >= 0.3 is 5.97 Å². The Kier molecular flexibility index (Phi) is 3.77. The average Bonchev–Trinajstić information content (AvgIpc) is 2.95. The monoisotopic (exact) mass is 240 g/mol. The number of aliphatic carboxylic acids is 1. The summed E-state index contributed by atoms with van der Waals surface area (Å²) >= 11 is 1.48. The third-order valence-electron chi connectivity index (χ3n) is 2.65. The molecule has 0 spiro atoms. The number of aromatic nitrogens is 1. The molecular weight excluding hydrogens is 224 g/mol. The lowest BCUT2D eigenvalue weighted by atomic mass is 10.2. The second-order valence-electron chi connectivity index (χ2n) is 4.23. The molecule has 1 fully saturated rings. The number of carboxylic acids is 1. The van der Waals surface area contributed by atoms with Gasteiger partial charge in [0.2, 0.25) is 0 Å². The lowest BCUT2D eigenvalue weighted by Crippen LogP contribution is -2.03. The molecule has 88 valence electrons. The van der Waals surface area contributed by atoms with Crippen molar-refractivity contribution in [3.63, 3.8) is 0 Å².